The minimum absolute atomic E-state index is 0.0659. The topological polar surface area (TPSA) is 45.8 Å². The third-order valence-electron chi connectivity index (χ3n) is 4.97. The number of rotatable bonds is 4. The highest BCUT2D eigenvalue weighted by atomic mass is 32.2. The van der Waals surface area contributed by atoms with Crippen molar-refractivity contribution in [3.05, 3.63) is 81.0 Å². The minimum Gasteiger partial charge on any atom is -0.301 e. The highest BCUT2D eigenvalue weighted by Crippen LogP contribution is 2.36. The van der Waals surface area contributed by atoms with Gasteiger partial charge in [0.25, 0.3) is 5.56 Å². The van der Waals surface area contributed by atoms with Gasteiger partial charge < -0.3 is 4.98 Å². The van der Waals surface area contributed by atoms with E-state index >= 15 is 0 Å². The van der Waals surface area contributed by atoms with Gasteiger partial charge in [0.05, 0.1) is 5.39 Å². The number of nitrogens with one attached hydrogen (secondary N) is 1. The number of thiophene rings is 1. The lowest BCUT2D eigenvalue weighted by Gasteiger charge is -2.19. The molecular weight excluding hydrogens is 396 g/mol. The highest BCUT2D eigenvalue weighted by molar-refractivity contribution is 7.98. The molecule has 0 aliphatic carbocycles. The number of aromatic amines is 1. The summed E-state index contributed by atoms with van der Waals surface area (Å²) in [5.41, 5.74) is 4.68. The first-order valence-corrected chi connectivity index (χ1v) is 11.4. The SMILES string of the molecule is Cc1sc2nc(SCc3ccc(C(C)(C)C)cc3)[nH]c(=O)c2c1-c1ccccc1. The standard InChI is InChI=1S/C24H24N2OS2/c1-15-19(17-8-6-5-7-9-17)20-21(27)25-23(26-22(20)29-15)28-14-16-10-12-18(13-11-16)24(2,3)4/h5-13H,14H2,1-4H3,(H,25,26,27). The first-order chi connectivity index (χ1) is 13.8. The van der Waals surface area contributed by atoms with E-state index in [1.165, 1.54) is 11.1 Å². The molecule has 0 atom stereocenters. The first-order valence-electron chi connectivity index (χ1n) is 9.64. The zero-order chi connectivity index (χ0) is 20.6. The monoisotopic (exact) mass is 420 g/mol. The summed E-state index contributed by atoms with van der Waals surface area (Å²) in [5.74, 6) is 0.773. The second-order valence-electron chi connectivity index (χ2n) is 8.19. The predicted molar refractivity (Wildman–Crippen MR) is 125 cm³/mol. The van der Waals surface area contributed by atoms with Gasteiger partial charge in [-0.1, -0.05) is 87.1 Å². The molecular formula is C24H24N2OS2. The molecule has 0 unspecified atom stereocenters. The lowest BCUT2D eigenvalue weighted by Crippen LogP contribution is -2.10. The van der Waals surface area contributed by atoms with Gasteiger partial charge in [-0.05, 0) is 29.0 Å². The van der Waals surface area contributed by atoms with Gasteiger partial charge in [-0.25, -0.2) is 4.98 Å². The quantitative estimate of drug-likeness (QED) is 0.301. The number of thioether (sulfide) groups is 1. The van der Waals surface area contributed by atoms with E-state index in [4.69, 9.17) is 4.98 Å². The maximum absolute atomic E-state index is 12.9. The van der Waals surface area contributed by atoms with Crippen LogP contribution in [0.5, 0.6) is 0 Å². The molecule has 29 heavy (non-hydrogen) atoms. The minimum atomic E-state index is -0.0659. The van der Waals surface area contributed by atoms with E-state index in [9.17, 15) is 4.79 Å². The van der Waals surface area contributed by atoms with Crippen LogP contribution in [-0.4, -0.2) is 9.97 Å². The maximum Gasteiger partial charge on any atom is 0.260 e. The molecule has 2 aromatic carbocycles. The summed E-state index contributed by atoms with van der Waals surface area (Å²) in [5, 5.41) is 1.36. The summed E-state index contributed by atoms with van der Waals surface area (Å²) >= 11 is 3.15. The molecule has 0 saturated carbocycles. The van der Waals surface area contributed by atoms with E-state index in [1.807, 2.05) is 30.3 Å². The molecule has 4 aromatic rings. The molecule has 0 amide bonds. The van der Waals surface area contributed by atoms with E-state index in [1.54, 1.807) is 23.1 Å². The van der Waals surface area contributed by atoms with Crippen LogP contribution in [0.2, 0.25) is 0 Å². The molecule has 0 saturated heterocycles. The van der Waals surface area contributed by atoms with E-state index < -0.39 is 0 Å². The molecule has 2 heterocycles. The first kappa shape index (κ1) is 19.9. The molecule has 148 valence electrons. The molecule has 0 aliphatic rings. The fourth-order valence-electron chi connectivity index (χ4n) is 3.37. The van der Waals surface area contributed by atoms with E-state index in [0.717, 1.165) is 26.6 Å². The lowest BCUT2D eigenvalue weighted by molar-refractivity contribution is 0.590. The second-order valence-corrected chi connectivity index (χ2v) is 10.4. The Morgan fingerprint density at radius 1 is 1.03 bits per heavy atom. The van der Waals surface area contributed by atoms with Crippen molar-refractivity contribution in [2.45, 2.75) is 44.0 Å². The molecule has 0 radical (unpaired) electrons. The van der Waals surface area contributed by atoms with Gasteiger partial charge in [-0.2, -0.15) is 0 Å². The van der Waals surface area contributed by atoms with Gasteiger partial charge in [0.15, 0.2) is 5.16 Å². The number of aryl methyl sites for hydroxylation is 1. The molecule has 2 aromatic heterocycles. The summed E-state index contributed by atoms with van der Waals surface area (Å²) in [6.07, 6.45) is 0. The van der Waals surface area contributed by atoms with Crippen LogP contribution in [0.3, 0.4) is 0 Å². The van der Waals surface area contributed by atoms with Crippen LogP contribution in [0.1, 0.15) is 36.8 Å². The Labute approximate surface area is 179 Å². The third-order valence-corrected chi connectivity index (χ3v) is 6.92. The highest BCUT2D eigenvalue weighted by Gasteiger charge is 2.17. The van der Waals surface area contributed by atoms with Crippen molar-refractivity contribution in [3.8, 4) is 11.1 Å². The molecule has 4 rings (SSSR count). The normalized spacial score (nSPS) is 11.9. The molecule has 0 bridgehead atoms. The Balaban J connectivity index is 1.61. The Morgan fingerprint density at radius 3 is 2.38 bits per heavy atom. The van der Waals surface area contributed by atoms with Crippen molar-refractivity contribution in [3.63, 3.8) is 0 Å². The molecule has 3 nitrogen and oxygen atoms in total. The van der Waals surface area contributed by atoms with Crippen molar-refractivity contribution in [2.75, 3.05) is 0 Å². The average molecular weight is 421 g/mol. The van der Waals surface area contributed by atoms with Gasteiger partial charge in [-0.15, -0.1) is 11.3 Å². The number of aromatic nitrogens is 2. The fraction of sp³-hybridized carbons (Fsp3) is 0.250. The zero-order valence-electron chi connectivity index (χ0n) is 17.1. The van der Waals surface area contributed by atoms with Crippen LogP contribution < -0.4 is 5.56 Å². The average Bonchev–Trinajstić information content (AvgIpc) is 3.03. The zero-order valence-corrected chi connectivity index (χ0v) is 18.7. The molecule has 0 spiro atoms. The van der Waals surface area contributed by atoms with Crippen LogP contribution in [-0.2, 0) is 11.2 Å². The molecule has 0 fully saturated rings. The van der Waals surface area contributed by atoms with E-state index in [-0.39, 0.29) is 11.0 Å². The summed E-state index contributed by atoms with van der Waals surface area (Å²) in [4.78, 5) is 22.5. The van der Waals surface area contributed by atoms with E-state index in [0.29, 0.717) is 10.5 Å². The van der Waals surface area contributed by atoms with Crippen LogP contribution in [0.15, 0.2) is 64.5 Å². The Bertz CT molecular complexity index is 1200. The fourth-order valence-corrected chi connectivity index (χ4v) is 5.29. The number of nitrogens with zero attached hydrogens (tertiary/aromatic N) is 1. The summed E-state index contributed by atoms with van der Waals surface area (Å²) < 4.78 is 0. The number of hydrogen-bond acceptors (Lipinski definition) is 4. The lowest BCUT2D eigenvalue weighted by atomic mass is 9.87. The number of benzene rings is 2. The summed E-state index contributed by atoms with van der Waals surface area (Å²) in [6, 6.07) is 18.7. The Hall–Kier alpha value is -2.37. The van der Waals surface area contributed by atoms with Gasteiger partial charge in [0.2, 0.25) is 0 Å². The van der Waals surface area contributed by atoms with Crippen LogP contribution in [0.4, 0.5) is 0 Å². The van der Waals surface area contributed by atoms with Gasteiger partial charge >= 0.3 is 0 Å². The van der Waals surface area contributed by atoms with Crippen LogP contribution in [0, 0.1) is 6.92 Å². The van der Waals surface area contributed by atoms with Gasteiger partial charge in [0.1, 0.15) is 4.83 Å². The third kappa shape index (κ3) is 4.16. The Kier molecular flexibility index (Phi) is 5.36. The molecule has 0 aliphatic heterocycles. The smallest absolute Gasteiger partial charge is 0.260 e. The largest absolute Gasteiger partial charge is 0.301 e. The Morgan fingerprint density at radius 2 is 1.72 bits per heavy atom. The van der Waals surface area contributed by atoms with Gasteiger partial charge in [-0.3, -0.25) is 4.79 Å². The number of hydrogen-bond donors (Lipinski definition) is 1. The van der Waals surface area contributed by atoms with Crippen molar-refractivity contribution >= 4 is 33.3 Å². The van der Waals surface area contributed by atoms with Crippen molar-refractivity contribution < 1.29 is 0 Å². The van der Waals surface area contributed by atoms with Crippen molar-refractivity contribution in [1.29, 1.82) is 0 Å². The number of fused-ring (bicyclic) bond motifs is 1. The second kappa shape index (κ2) is 7.81. The number of H-pyrrole nitrogens is 1. The van der Waals surface area contributed by atoms with Crippen LogP contribution >= 0.6 is 23.1 Å². The van der Waals surface area contributed by atoms with Gasteiger partial charge in [0, 0.05) is 16.2 Å². The summed E-state index contributed by atoms with van der Waals surface area (Å²) in [7, 11) is 0. The van der Waals surface area contributed by atoms with Crippen LogP contribution in [0.25, 0.3) is 21.3 Å². The molecule has 5 heteroatoms. The summed E-state index contributed by atoms with van der Waals surface area (Å²) in [6.45, 7) is 8.70. The van der Waals surface area contributed by atoms with E-state index in [2.05, 4.69) is 56.9 Å². The predicted octanol–water partition coefficient (Wildman–Crippen LogP) is 6.55. The van der Waals surface area contributed by atoms with Crippen molar-refractivity contribution in [1.82, 2.24) is 9.97 Å². The maximum atomic E-state index is 12.9. The van der Waals surface area contributed by atoms with Crippen molar-refractivity contribution in [2.24, 2.45) is 0 Å². The molecule has 1 N–H and O–H groups in total.